The number of rotatable bonds is 3. The van der Waals surface area contributed by atoms with Crippen molar-refractivity contribution in [1.82, 2.24) is 0 Å². The van der Waals surface area contributed by atoms with Crippen LogP contribution in [-0.4, -0.2) is 25.8 Å². The Morgan fingerprint density at radius 2 is 1.80 bits per heavy atom. The fourth-order valence-electron chi connectivity index (χ4n) is 3.43. The van der Waals surface area contributed by atoms with E-state index in [1.807, 2.05) is 12.1 Å². The second kappa shape index (κ2) is 5.88. The van der Waals surface area contributed by atoms with E-state index < -0.39 is 0 Å². The summed E-state index contributed by atoms with van der Waals surface area (Å²) in [6.45, 7) is 0. The van der Waals surface area contributed by atoms with Crippen LogP contribution in [0.3, 0.4) is 0 Å². The van der Waals surface area contributed by atoms with Gasteiger partial charge >= 0.3 is 0 Å². The molecule has 6 heteroatoms. The number of hydrogen-bond donors (Lipinski definition) is 0. The van der Waals surface area contributed by atoms with Gasteiger partial charge in [0.1, 0.15) is 5.82 Å². The Kier molecular flexibility index (Phi) is 3.67. The SMILES string of the molecule is COc1cc2c(cc1OC)C1=NN(c3ccc(F)cc3)C(=O)[C@@H]1CC2. The number of nitrogens with zero attached hydrogens (tertiary/aromatic N) is 2. The molecule has 25 heavy (non-hydrogen) atoms. The zero-order chi connectivity index (χ0) is 17.6. The maximum atomic E-state index is 13.2. The first-order chi connectivity index (χ1) is 12.1. The molecule has 0 fully saturated rings. The number of methoxy groups -OCH3 is 2. The van der Waals surface area contributed by atoms with Crippen molar-refractivity contribution >= 4 is 17.3 Å². The summed E-state index contributed by atoms with van der Waals surface area (Å²) in [5.74, 6) is 0.567. The minimum Gasteiger partial charge on any atom is -0.493 e. The predicted octanol–water partition coefficient (Wildman–Crippen LogP) is 3.16. The van der Waals surface area contributed by atoms with Crippen LogP contribution in [0.25, 0.3) is 0 Å². The van der Waals surface area contributed by atoms with Gasteiger partial charge in [0.05, 0.1) is 31.5 Å². The number of hydrazone groups is 1. The third kappa shape index (κ3) is 2.45. The van der Waals surface area contributed by atoms with E-state index in [9.17, 15) is 9.18 Å². The maximum Gasteiger partial charge on any atom is 0.256 e. The first kappa shape index (κ1) is 15.6. The molecule has 0 unspecified atom stereocenters. The van der Waals surface area contributed by atoms with Gasteiger partial charge < -0.3 is 9.47 Å². The molecule has 0 bridgehead atoms. The zero-order valence-electron chi connectivity index (χ0n) is 14.0. The average molecular weight is 340 g/mol. The fraction of sp³-hybridized carbons (Fsp3) is 0.263. The Hall–Kier alpha value is -2.89. The summed E-state index contributed by atoms with van der Waals surface area (Å²) < 4.78 is 23.9. The summed E-state index contributed by atoms with van der Waals surface area (Å²) in [6, 6.07) is 9.59. The van der Waals surface area contributed by atoms with Gasteiger partial charge in [-0.2, -0.15) is 10.1 Å². The topological polar surface area (TPSA) is 51.1 Å². The molecule has 0 aromatic heterocycles. The van der Waals surface area contributed by atoms with E-state index in [1.54, 1.807) is 26.4 Å². The largest absolute Gasteiger partial charge is 0.493 e. The van der Waals surface area contributed by atoms with E-state index in [4.69, 9.17) is 9.47 Å². The van der Waals surface area contributed by atoms with Gasteiger partial charge in [0, 0.05) is 5.56 Å². The molecule has 0 saturated heterocycles. The first-order valence-corrected chi connectivity index (χ1v) is 8.05. The van der Waals surface area contributed by atoms with Gasteiger partial charge in [0.2, 0.25) is 0 Å². The molecular weight excluding hydrogens is 323 g/mol. The zero-order valence-corrected chi connectivity index (χ0v) is 14.0. The van der Waals surface area contributed by atoms with Crippen molar-refractivity contribution in [1.29, 1.82) is 0 Å². The molecule has 5 nitrogen and oxygen atoms in total. The minimum atomic E-state index is -0.345. The van der Waals surface area contributed by atoms with Crippen molar-refractivity contribution in [2.75, 3.05) is 19.2 Å². The Morgan fingerprint density at radius 1 is 1.12 bits per heavy atom. The average Bonchev–Trinajstić information content (AvgIpc) is 2.98. The molecule has 1 aliphatic heterocycles. The minimum absolute atomic E-state index is 0.0814. The summed E-state index contributed by atoms with van der Waals surface area (Å²) >= 11 is 0. The number of hydrogen-bond acceptors (Lipinski definition) is 4. The number of ether oxygens (including phenoxy) is 2. The highest BCUT2D eigenvalue weighted by molar-refractivity contribution is 6.22. The van der Waals surface area contributed by atoms with Gasteiger partial charge in [-0.05, 0) is 54.8 Å². The van der Waals surface area contributed by atoms with Gasteiger partial charge in [-0.15, -0.1) is 0 Å². The molecule has 1 amide bonds. The summed E-state index contributed by atoms with van der Waals surface area (Å²) in [6.07, 6.45) is 1.46. The number of halogens is 1. The predicted molar refractivity (Wildman–Crippen MR) is 91.8 cm³/mol. The van der Waals surface area contributed by atoms with E-state index in [0.717, 1.165) is 23.3 Å². The highest BCUT2D eigenvalue weighted by atomic mass is 19.1. The van der Waals surface area contributed by atoms with Crippen LogP contribution in [-0.2, 0) is 11.2 Å². The number of fused-ring (bicyclic) bond motifs is 3. The van der Waals surface area contributed by atoms with Crippen molar-refractivity contribution in [2.45, 2.75) is 12.8 Å². The molecular formula is C19H17FN2O3. The summed E-state index contributed by atoms with van der Waals surface area (Å²) in [7, 11) is 3.18. The van der Waals surface area contributed by atoms with E-state index in [0.29, 0.717) is 23.6 Å². The number of carbonyl (C=O) groups excluding carboxylic acids is 1. The van der Waals surface area contributed by atoms with Crippen molar-refractivity contribution < 1.29 is 18.7 Å². The van der Waals surface area contributed by atoms with Crippen LogP contribution in [0.1, 0.15) is 17.5 Å². The van der Waals surface area contributed by atoms with E-state index in [-0.39, 0.29) is 17.6 Å². The molecule has 0 saturated carbocycles. The number of amides is 1. The standard InChI is InChI=1S/C19H17FN2O3/c1-24-16-9-11-3-8-14-18(15(11)10-17(16)25-2)21-22(19(14)23)13-6-4-12(20)5-7-13/h4-7,9-10,14H,3,8H2,1-2H3/t14-/m1/s1. The lowest BCUT2D eigenvalue weighted by molar-refractivity contribution is -0.119. The highest BCUT2D eigenvalue weighted by Gasteiger charge is 2.40. The smallest absolute Gasteiger partial charge is 0.256 e. The van der Waals surface area contributed by atoms with Crippen LogP contribution in [0.15, 0.2) is 41.5 Å². The molecule has 1 atom stereocenters. The van der Waals surface area contributed by atoms with Crippen LogP contribution in [0.4, 0.5) is 10.1 Å². The lowest BCUT2D eigenvalue weighted by Gasteiger charge is -2.22. The van der Waals surface area contributed by atoms with Crippen LogP contribution in [0.5, 0.6) is 11.5 Å². The van der Waals surface area contributed by atoms with Crippen LogP contribution in [0.2, 0.25) is 0 Å². The summed E-state index contributed by atoms with van der Waals surface area (Å²) in [5.41, 5.74) is 3.29. The lowest BCUT2D eigenvalue weighted by Crippen LogP contribution is -2.30. The Balaban J connectivity index is 1.79. The van der Waals surface area contributed by atoms with Gasteiger partial charge in [0.25, 0.3) is 5.91 Å². The molecule has 2 aromatic carbocycles. The fourth-order valence-corrected chi connectivity index (χ4v) is 3.43. The van der Waals surface area contributed by atoms with Crippen LogP contribution in [0, 0.1) is 11.7 Å². The lowest BCUT2D eigenvalue weighted by atomic mass is 9.82. The summed E-state index contributed by atoms with van der Waals surface area (Å²) in [5, 5.41) is 5.91. The second-order valence-electron chi connectivity index (χ2n) is 6.07. The molecule has 128 valence electrons. The number of benzene rings is 2. The maximum absolute atomic E-state index is 13.2. The Morgan fingerprint density at radius 3 is 2.48 bits per heavy atom. The Bertz CT molecular complexity index is 877. The normalized spacial score (nSPS) is 18.5. The van der Waals surface area contributed by atoms with E-state index in [1.165, 1.54) is 17.1 Å². The van der Waals surface area contributed by atoms with E-state index in [2.05, 4.69) is 5.10 Å². The molecule has 1 aliphatic carbocycles. The molecule has 0 N–H and O–H groups in total. The molecule has 0 spiro atoms. The molecule has 1 heterocycles. The number of aryl methyl sites for hydroxylation is 1. The second-order valence-corrected chi connectivity index (χ2v) is 6.07. The molecule has 0 radical (unpaired) electrons. The highest BCUT2D eigenvalue weighted by Crippen LogP contribution is 2.39. The summed E-state index contributed by atoms with van der Waals surface area (Å²) in [4.78, 5) is 12.8. The molecule has 4 rings (SSSR count). The van der Waals surface area contributed by atoms with Crippen molar-refractivity contribution in [3.8, 4) is 11.5 Å². The molecule has 2 aliphatic rings. The van der Waals surface area contributed by atoms with Crippen LogP contribution < -0.4 is 14.5 Å². The van der Waals surface area contributed by atoms with Crippen molar-refractivity contribution in [3.05, 3.63) is 53.3 Å². The number of anilines is 1. The van der Waals surface area contributed by atoms with Gasteiger partial charge in [0.15, 0.2) is 11.5 Å². The van der Waals surface area contributed by atoms with Crippen LogP contribution >= 0.6 is 0 Å². The van der Waals surface area contributed by atoms with Gasteiger partial charge in [-0.25, -0.2) is 4.39 Å². The monoisotopic (exact) mass is 340 g/mol. The van der Waals surface area contributed by atoms with E-state index >= 15 is 0 Å². The number of carbonyl (C=O) groups is 1. The third-order valence-corrected chi connectivity index (χ3v) is 4.70. The van der Waals surface area contributed by atoms with Crippen molar-refractivity contribution in [3.63, 3.8) is 0 Å². The molecule has 2 aromatic rings. The van der Waals surface area contributed by atoms with Gasteiger partial charge in [-0.1, -0.05) is 0 Å². The van der Waals surface area contributed by atoms with Gasteiger partial charge in [-0.3, -0.25) is 4.79 Å². The first-order valence-electron chi connectivity index (χ1n) is 8.05. The third-order valence-electron chi connectivity index (χ3n) is 4.70. The van der Waals surface area contributed by atoms with Crippen molar-refractivity contribution in [2.24, 2.45) is 11.0 Å². The quantitative estimate of drug-likeness (QED) is 0.862. The Labute approximate surface area is 144 Å².